The molecule has 2 rings (SSSR count). The summed E-state index contributed by atoms with van der Waals surface area (Å²) < 4.78 is 0.918. The highest BCUT2D eigenvalue weighted by Crippen LogP contribution is 2.24. The van der Waals surface area contributed by atoms with Gasteiger partial charge in [-0.05, 0) is 19.4 Å². The third-order valence-electron chi connectivity index (χ3n) is 2.54. The first kappa shape index (κ1) is 10.6. The number of hydrogen-bond acceptors (Lipinski definition) is 4. The van der Waals surface area contributed by atoms with E-state index >= 15 is 0 Å². The molecule has 0 atom stereocenters. The highest BCUT2D eigenvalue weighted by atomic mass is 32.1. The van der Waals surface area contributed by atoms with Crippen molar-refractivity contribution in [3.05, 3.63) is 31.3 Å². The molecule has 2 heterocycles. The number of fused-ring (bicyclic) bond motifs is 1. The molecule has 0 aliphatic rings. The van der Waals surface area contributed by atoms with E-state index in [1.54, 1.807) is 6.07 Å². The van der Waals surface area contributed by atoms with Crippen molar-refractivity contribution in [3.8, 4) is 6.07 Å². The number of H-pyrrole nitrogens is 1. The fourth-order valence-corrected chi connectivity index (χ4v) is 2.62. The summed E-state index contributed by atoms with van der Waals surface area (Å²) in [6, 6.07) is 1.80. The molecule has 2 aromatic rings. The summed E-state index contributed by atoms with van der Waals surface area (Å²) in [5.41, 5.74) is -0.0459. The van der Waals surface area contributed by atoms with Crippen LogP contribution in [0.4, 0.5) is 0 Å². The Morgan fingerprint density at radius 1 is 1.44 bits per heavy atom. The first-order chi connectivity index (χ1) is 7.56. The zero-order valence-electron chi connectivity index (χ0n) is 8.83. The number of aryl methyl sites for hydroxylation is 2. The van der Waals surface area contributed by atoms with Gasteiger partial charge in [0, 0.05) is 4.88 Å². The molecule has 0 amide bonds. The fraction of sp³-hybridized carbons (Fsp3) is 0.300. The zero-order chi connectivity index (χ0) is 11.9. The third-order valence-corrected chi connectivity index (χ3v) is 3.66. The normalized spacial score (nSPS) is 10.6. The topological polar surface area (TPSA) is 78.7 Å². The van der Waals surface area contributed by atoms with Gasteiger partial charge in [0.2, 0.25) is 0 Å². The lowest BCUT2D eigenvalue weighted by atomic mass is 10.2. The maximum Gasteiger partial charge on any atom is 0.330 e. The van der Waals surface area contributed by atoms with Gasteiger partial charge < -0.3 is 0 Å². The highest BCUT2D eigenvalue weighted by Gasteiger charge is 2.13. The largest absolute Gasteiger partial charge is 0.330 e. The van der Waals surface area contributed by atoms with Crippen LogP contribution in [0.2, 0.25) is 0 Å². The van der Waals surface area contributed by atoms with Crippen molar-refractivity contribution in [2.24, 2.45) is 0 Å². The molecule has 82 valence electrons. The van der Waals surface area contributed by atoms with E-state index < -0.39 is 5.69 Å². The number of thiophene rings is 1. The van der Waals surface area contributed by atoms with E-state index in [1.165, 1.54) is 11.3 Å². The third kappa shape index (κ3) is 1.37. The lowest BCUT2D eigenvalue weighted by Crippen LogP contribution is -2.34. The van der Waals surface area contributed by atoms with E-state index in [2.05, 4.69) is 4.98 Å². The quantitative estimate of drug-likeness (QED) is 0.797. The highest BCUT2D eigenvalue weighted by molar-refractivity contribution is 7.18. The van der Waals surface area contributed by atoms with Crippen LogP contribution in [0.25, 0.3) is 10.2 Å². The van der Waals surface area contributed by atoms with E-state index in [4.69, 9.17) is 5.26 Å². The fourth-order valence-electron chi connectivity index (χ4n) is 1.58. The maximum absolute atomic E-state index is 12.0. The smallest absolute Gasteiger partial charge is 0.298 e. The summed E-state index contributed by atoms with van der Waals surface area (Å²) in [5.74, 6) is 0. The Labute approximate surface area is 94.6 Å². The van der Waals surface area contributed by atoms with Gasteiger partial charge in [0.1, 0.15) is 11.4 Å². The van der Waals surface area contributed by atoms with Crippen LogP contribution in [0.3, 0.4) is 0 Å². The van der Waals surface area contributed by atoms with Crippen molar-refractivity contribution < 1.29 is 0 Å². The Bertz CT molecular complexity index is 714. The van der Waals surface area contributed by atoms with Crippen molar-refractivity contribution >= 4 is 21.6 Å². The number of nitrogens with zero attached hydrogens (tertiary/aromatic N) is 2. The summed E-state index contributed by atoms with van der Waals surface area (Å²) in [4.78, 5) is 27.7. The van der Waals surface area contributed by atoms with E-state index in [9.17, 15) is 9.59 Å². The number of aromatic amines is 1. The minimum absolute atomic E-state index is 0.224. The average molecular weight is 235 g/mol. The van der Waals surface area contributed by atoms with Crippen LogP contribution in [0.5, 0.6) is 0 Å². The van der Waals surface area contributed by atoms with Gasteiger partial charge in [0.25, 0.3) is 5.56 Å². The molecule has 5 nitrogen and oxygen atoms in total. The average Bonchev–Trinajstić information content (AvgIpc) is 2.49. The monoisotopic (exact) mass is 235 g/mol. The molecule has 0 aromatic carbocycles. The van der Waals surface area contributed by atoms with Gasteiger partial charge in [0.05, 0.1) is 11.5 Å². The van der Waals surface area contributed by atoms with E-state index in [0.29, 0.717) is 10.2 Å². The number of nitriles is 1. The molecule has 0 saturated carbocycles. The van der Waals surface area contributed by atoms with E-state index in [-0.39, 0.29) is 12.1 Å². The SMILES string of the molecule is Cc1sc2[nH]c(=O)n(CC#N)c(=O)c2c1C. The van der Waals surface area contributed by atoms with E-state index in [1.807, 2.05) is 13.8 Å². The summed E-state index contributed by atoms with van der Waals surface area (Å²) in [5, 5.41) is 9.07. The molecule has 0 radical (unpaired) electrons. The molecule has 0 saturated heterocycles. The number of nitrogens with one attached hydrogen (secondary N) is 1. The summed E-state index contributed by atoms with van der Waals surface area (Å²) >= 11 is 1.38. The van der Waals surface area contributed by atoms with Crippen molar-refractivity contribution in [2.45, 2.75) is 20.4 Å². The summed E-state index contributed by atoms with van der Waals surface area (Å²) in [7, 11) is 0. The molecular formula is C10H9N3O2S. The van der Waals surface area contributed by atoms with Crippen molar-refractivity contribution in [1.82, 2.24) is 9.55 Å². The first-order valence-corrected chi connectivity index (χ1v) is 5.47. The summed E-state index contributed by atoms with van der Waals surface area (Å²) in [6.45, 7) is 3.51. The van der Waals surface area contributed by atoms with Gasteiger partial charge in [-0.3, -0.25) is 9.78 Å². The molecule has 6 heteroatoms. The van der Waals surface area contributed by atoms with Crippen molar-refractivity contribution in [1.29, 1.82) is 5.26 Å². The lowest BCUT2D eigenvalue weighted by Gasteiger charge is -1.98. The van der Waals surface area contributed by atoms with Crippen molar-refractivity contribution in [3.63, 3.8) is 0 Å². The van der Waals surface area contributed by atoms with Crippen LogP contribution in [0, 0.1) is 25.2 Å². The van der Waals surface area contributed by atoms with Gasteiger partial charge in [-0.25, -0.2) is 9.36 Å². The minimum atomic E-state index is -0.527. The minimum Gasteiger partial charge on any atom is -0.298 e. The van der Waals surface area contributed by atoms with Crippen LogP contribution in [0.15, 0.2) is 9.59 Å². The van der Waals surface area contributed by atoms with Gasteiger partial charge in [-0.2, -0.15) is 5.26 Å². The maximum atomic E-state index is 12.0. The van der Waals surface area contributed by atoms with Gasteiger partial charge in [-0.1, -0.05) is 0 Å². The first-order valence-electron chi connectivity index (χ1n) is 4.66. The Kier molecular flexibility index (Phi) is 2.40. The van der Waals surface area contributed by atoms with Crippen molar-refractivity contribution in [2.75, 3.05) is 0 Å². The number of rotatable bonds is 1. The Morgan fingerprint density at radius 2 is 2.12 bits per heavy atom. The molecule has 16 heavy (non-hydrogen) atoms. The molecule has 0 fully saturated rings. The van der Waals surface area contributed by atoms with Crippen LogP contribution in [-0.2, 0) is 6.54 Å². The van der Waals surface area contributed by atoms with Gasteiger partial charge >= 0.3 is 5.69 Å². The van der Waals surface area contributed by atoms with Gasteiger partial charge in [-0.15, -0.1) is 11.3 Å². The van der Waals surface area contributed by atoms with Gasteiger partial charge in [0.15, 0.2) is 0 Å². The van der Waals surface area contributed by atoms with Crippen LogP contribution in [0.1, 0.15) is 10.4 Å². The Hall–Kier alpha value is -1.87. The second-order valence-electron chi connectivity index (χ2n) is 3.47. The zero-order valence-corrected chi connectivity index (χ0v) is 9.64. The standard InChI is InChI=1S/C10H9N3O2S/c1-5-6(2)16-8-7(5)9(14)13(4-3-11)10(15)12-8/h4H2,1-2H3,(H,12,15). The molecule has 0 aliphatic carbocycles. The number of aromatic nitrogens is 2. The Balaban J connectivity index is 2.98. The Morgan fingerprint density at radius 3 is 2.75 bits per heavy atom. The molecule has 2 aromatic heterocycles. The summed E-state index contributed by atoms with van der Waals surface area (Å²) in [6.07, 6.45) is 0. The molecule has 0 bridgehead atoms. The number of hydrogen-bond donors (Lipinski definition) is 1. The predicted molar refractivity (Wildman–Crippen MR) is 61.8 cm³/mol. The second kappa shape index (κ2) is 3.61. The second-order valence-corrected chi connectivity index (χ2v) is 4.69. The molecular weight excluding hydrogens is 226 g/mol. The molecule has 0 aliphatic heterocycles. The van der Waals surface area contributed by atoms with E-state index in [0.717, 1.165) is 15.0 Å². The van der Waals surface area contributed by atoms with Crippen LogP contribution < -0.4 is 11.2 Å². The van der Waals surface area contributed by atoms with Crippen LogP contribution in [-0.4, -0.2) is 9.55 Å². The lowest BCUT2D eigenvalue weighted by molar-refractivity contribution is 0.736. The molecule has 1 N–H and O–H groups in total. The molecule has 0 spiro atoms. The van der Waals surface area contributed by atoms with Crippen LogP contribution >= 0.6 is 11.3 Å². The molecule has 0 unspecified atom stereocenters. The predicted octanol–water partition coefficient (Wildman–Crippen LogP) is 0.892.